The van der Waals surface area contributed by atoms with Crippen molar-refractivity contribution in [2.75, 3.05) is 19.6 Å². The molecule has 2 heterocycles. The van der Waals surface area contributed by atoms with E-state index in [1.807, 2.05) is 66.7 Å². The molecule has 6 rings (SSSR count). The monoisotopic (exact) mass is 607 g/mol. The van der Waals surface area contributed by atoms with Gasteiger partial charge in [0.05, 0.1) is 24.9 Å². The fourth-order valence-electron chi connectivity index (χ4n) is 6.02. The summed E-state index contributed by atoms with van der Waals surface area (Å²) >= 11 is 0. The molecule has 2 fully saturated rings. The number of nitrogens with zero attached hydrogens (tertiary/aromatic N) is 1. The van der Waals surface area contributed by atoms with Crippen molar-refractivity contribution in [1.29, 1.82) is 0 Å². The Labute approximate surface area is 264 Å². The molecule has 2 saturated heterocycles. The third-order valence-electron chi connectivity index (χ3n) is 8.52. The van der Waals surface area contributed by atoms with E-state index in [1.54, 1.807) is 0 Å². The second kappa shape index (κ2) is 14.8. The van der Waals surface area contributed by atoms with Gasteiger partial charge >= 0.3 is 6.03 Å². The lowest BCUT2D eigenvalue weighted by molar-refractivity contribution is -0.252. The van der Waals surface area contributed by atoms with Crippen LogP contribution in [0.5, 0.6) is 0 Å². The first-order valence-corrected chi connectivity index (χ1v) is 15.7. The van der Waals surface area contributed by atoms with Crippen molar-refractivity contribution in [3.63, 3.8) is 0 Å². The Balaban J connectivity index is 1.10. The molecule has 0 aliphatic carbocycles. The number of rotatable bonds is 10. The van der Waals surface area contributed by atoms with Crippen molar-refractivity contribution in [1.82, 2.24) is 15.5 Å². The van der Waals surface area contributed by atoms with E-state index >= 15 is 0 Å². The van der Waals surface area contributed by atoms with E-state index < -0.39 is 6.29 Å². The van der Waals surface area contributed by atoms with Crippen LogP contribution in [0.2, 0.25) is 0 Å². The van der Waals surface area contributed by atoms with Crippen LogP contribution in [-0.4, -0.2) is 53.0 Å². The summed E-state index contributed by atoms with van der Waals surface area (Å²) in [6.45, 7) is 3.18. The van der Waals surface area contributed by atoms with Gasteiger partial charge in [0.2, 0.25) is 0 Å². The number of amides is 2. The molecule has 4 N–H and O–H groups in total. The molecule has 8 heteroatoms. The van der Waals surface area contributed by atoms with Gasteiger partial charge in [-0.2, -0.15) is 0 Å². The van der Waals surface area contributed by atoms with Gasteiger partial charge in [-0.3, -0.25) is 4.90 Å². The van der Waals surface area contributed by atoms with Crippen LogP contribution in [0.15, 0.2) is 103 Å². The smallest absolute Gasteiger partial charge is 0.315 e. The normalized spacial score (nSPS) is 21.8. The van der Waals surface area contributed by atoms with Gasteiger partial charge in [-0.15, -0.1) is 0 Å². The first-order chi connectivity index (χ1) is 22.0. The van der Waals surface area contributed by atoms with Crippen LogP contribution in [0.1, 0.15) is 53.1 Å². The van der Waals surface area contributed by atoms with Crippen molar-refractivity contribution in [3.05, 3.63) is 131 Å². The molecular formula is C37H41N3O5. The zero-order valence-electron chi connectivity index (χ0n) is 25.3. The predicted octanol–water partition coefficient (Wildman–Crippen LogP) is 5.46. The van der Waals surface area contributed by atoms with E-state index in [9.17, 15) is 15.0 Å². The predicted molar refractivity (Wildman–Crippen MR) is 173 cm³/mol. The zero-order chi connectivity index (χ0) is 31.0. The Morgan fingerprint density at radius 1 is 0.778 bits per heavy atom. The summed E-state index contributed by atoms with van der Waals surface area (Å²) in [7, 11) is 0. The highest BCUT2D eigenvalue weighted by Crippen LogP contribution is 2.39. The molecule has 2 amide bonds. The van der Waals surface area contributed by atoms with Crippen LogP contribution >= 0.6 is 0 Å². The molecule has 0 radical (unpaired) electrons. The second-order valence-corrected chi connectivity index (χ2v) is 11.9. The minimum absolute atomic E-state index is 0.00725. The van der Waals surface area contributed by atoms with Crippen LogP contribution in [0.4, 0.5) is 4.79 Å². The van der Waals surface area contributed by atoms with Gasteiger partial charge in [-0.1, -0.05) is 97.1 Å². The van der Waals surface area contributed by atoms with Gasteiger partial charge in [0, 0.05) is 44.7 Å². The molecule has 0 aromatic heterocycles. The fourth-order valence-corrected chi connectivity index (χ4v) is 6.02. The molecular weight excluding hydrogens is 566 g/mol. The number of nitrogens with one attached hydrogen (secondary N) is 2. The molecule has 0 unspecified atom stereocenters. The molecule has 8 nitrogen and oxygen atoms in total. The van der Waals surface area contributed by atoms with E-state index in [0.29, 0.717) is 26.1 Å². The Morgan fingerprint density at radius 2 is 1.49 bits per heavy atom. The van der Waals surface area contributed by atoms with Crippen LogP contribution in [-0.2, 0) is 29.2 Å². The molecule has 4 aromatic carbocycles. The van der Waals surface area contributed by atoms with E-state index in [-0.39, 0.29) is 30.9 Å². The summed E-state index contributed by atoms with van der Waals surface area (Å²) in [6.07, 6.45) is 0.496. The van der Waals surface area contributed by atoms with Gasteiger partial charge in [0.1, 0.15) is 0 Å². The summed E-state index contributed by atoms with van der Waals surface area (Å²) in [4.78, 5) is 14.6. The van der Waals surface area contributed by atoms with Crippen LogP contribution in [0, 0.1) is 0 Å². The third kappa shape index (κ3) is 8.36. The largest absolute Gasteiger partial charge is 0.392 e. The molecule has 2 aliphatic rings. The number of urea groups is 1. The average molecular weight is 608 g/mol. The Bertz CT molecular complexity index is 1530. The number of aliphatic hydroxyl groups is 2. The standard InChI is InChI=1S/C37H41N3O5/c41-25-27-9-11-30(12-10-27)35-20-34(24-40-18-17-33(42)23-40)44-36(45-35)31-15-13-29(14-16-31)32-8-4-7-28(19-32)22-39-37(43)38-21-26-5-2-1-3-6-26/h1-16,19,33-36,41-42H,17-18,20-25H2,(H2,38,39,43)/t33-,34-,35+,36+/m0/s1. The average Bonchev–Trinajstić information content (AvgIpc) is 3.50. The zero-order valence-corrected chi connectivity index (χ0v) is 25.3. The lowest BCUT2D eigenvalue weighted by Crippen LogP contribution is -2.38. The molecule has 45 heavy (non-hydrogen) atoms. The number of carbonyl (C=O) groups is 1. The number of likely N-dealkylation sites (tertiary alicyclic amines) is 1. The number of ether oxygens (including phenoxy) is 2. The Morgan fingerprint density at radius 3 is 2.20 bits per heavy atom. The fraction of sp³-hybridized carbons (Fsp3) is 0.324. The van der Waals surface area contributed by atoms with E-state index in [1.165, 1.54) is 0 Å². The Kier molecular flexibility index (Phi) is 10.2. The molecule has 0 bridgehead atoms. The van der Waals surface area contributed by atoms with Crippen LogP contribution < -0.4 is 10.6 Å². The number of benzene rings is 4. The molecule has 0 saturated carbocycles. The second-order valence-electron chi connectivity index (χ2n) is 11.9. The van der Waals surface area contributed by atoms with Crippen molar-refractivity contribution >= 4 is 6.03 Å². The van der Waals surface area contributed by atoms with Gasteiger partial charge in [-0.05, 0) is 45.9 Å². The lowest BCUT2D eigenvalue weighted by Gasteiger charge is -2.37. The van der Waals surface area contributed by atoms with Crippen molar-refractivity contribution in [2.24, 2.45) is 0 Å². The lowest BCUT2D eigenvalue weighted by atomic mass is 9.99. The SMILES string of the molecule is O=C(NCc1ccccc1)NCc1cccc(-c2ccc([C@@H]3O[C@H](CN4CC[C@H](O)C4)C[C@H](c4ccc(CO)cc4)O3)cc2)c1. The summed E-state index contributed by atoms with van der Waals surface area (Å²) in [5.74, 6) is 0. The molecule has 4 aromatic rings. The molecule has 4 atom stereocenters. The minimum Gasteiger partial charge on any atom is -0.392 e. The number of aliphatic hydroxyl groups excluding tert-OH is 2. The molecule has 0 spiro atoms. The first-order valence-electron chi connectivity index (χ1n) is 15.7. The minimum atomic E-state index is -0.530. The summed E-state index contributed by atoms with van der Waals surface area (Å²) in [5.41, 5.74) is 7.04. The van der Waals surface area contributed by atoms with Crippen molar-refractivity contribution in [2.45, 2.75) is 57.1 Å². The van der Waals surface area contributed by atoms with Gasteiger partial charge in [0.15, 0.2) is 6.29 Å². The van der Waals surface area contributed by atoms with E-state index in [0.717, 1.165) is 58.5 Å². The Hall–Kier alpha value is -4.05. The maximum Gasteiger partial charge on any atom is 0.315 e. The summed E-state index contributed by atoms with van der Waals surface area (Å²) in [5, 5.41) is 25.4. The first kappa shape index (κ1) is 31.0. The third-order valence-corrected chi connectivity index (χ3v) is 8.52. The maximum absolute atomic E-state index is 12.3. The molecule has 234 valence electrons. The highest BCUT2D eigenvalue weighted by Gasteiger charge is 2.34. The molecule has 2 aliphatic heterocycles. The van der Waals surface area contributed by atoms with Gasteiger partial charge in [0.25, 0.3) is 0 Å². The van der Waals surface area contributed by atoms with E-state index in [2.05, 4.69) is 51.9 Å². The highest BCUT2D eigenvalue weighted by atomic mass is 16.7. The summed E-state index contributed by atoms with van der Waals surface area (Å²) < 4.78 is 13.0. The van der Waals surface area contributed by atoms with Gasteiger partial charge in [-0.25, -0.2) is 4.79 Å². The number of β-amino-alcohol motifs (C(OH)–C–C–N with tert-alkyl or cyclic N) is 1. The highest BCUT2D eigenvalue weighted by molar-refractivity contribution is 5.74. The van der Waals surface area contributed by atoms with Crippen LogP contribution in [0.3, 0.4) is 0 Å². The van der Waals surface area contributed by atoms with Gasteiger partial charge < -0.3 is 30.3 Å². The van der Waals surface area contributed by atoms with Crippen molar-refractivity contribution in [3.8, 4) is 11.1 Å². The van der Waals surface area contributed by atoms with E-state index in [4.69, 9.17) is 9.47 Å². The number of hydrogen-bond donors (Lipinski definition) is 4. The number of hydrogen-bond acceptors (Lipinski definition) is 6. The number of carbonyl (C=O) groups excluding carboxylic acids is 1. The topological polar surface area (TPSA) is 103 Å². The maximum atomic E-state index is 12.3. The quantitative estimate of drug-likeness (QED) is 0.191. The van der Waals surface area contributed by atoms with Crippen molar-refractivity contribution < 1.29 is 24.5 Å². The summed E-state index contributed by atoms with van der Waals surface area (Å²) in [6, 6.07) is 34.0. The van der Waals surface area contributed by atoms with Crippen LogP contribution in [0.25, 0.3) is 11.1 Å².